The lowest BCUT2D eigenvalue weighted by molar-refractivity contribution is 0.135. The Balaban J connectivity index is 2.61. The van der Waals surface area contributed by atoms with Crippen molar-refractivity contribution in [1.82, 2.24) is 5.32 Å². The molecule has 0 aliphatic rings. The Hall–Kier alpha value is -0.943. The van der Waals surface area contributed by atoms with Gasteiger partial charge in [-0.3, -0.25) is 0 Å². The summed E-state index contributed by atoms with van der Waals surface area (Å²) in [6.07, 6.45) is -0.448. The van der Waals surface area contributed by atoms with E-state index in [-0.39, 0.29) is 18.3 Å². The molecule has 130 valence electrons. The third-order valence-corrected chi connectivity index (χ3v) is 7.33. The molecule has 0 bridgehead atoms. The highest BCUT2D eigenvalue weighted by molar-refractivity contribution is 7.49. The molecule has 1 rings (SSSR count). The maximum atomic E-state index is 12.1. The Morgan fingerprint density at radius 3 is 2.30 bits per heavy atom. The summed E-state index contributed by atoms with van der Waals surface area (Å²) >= 11 is 0. The molecule has 0 aromatic heterocycles. The van der Waals surface area contributed by atoms with Crippen molar-refractivity contribution in [2.24, 2.45) is 5.92 Å². The molecular weight excluding hydrogens is 329 g/mol. The molecule has 0 spiro atoms. The standard InChI is InChI=1S/C16H28NO4PSi/c1-13(2)15(22(19-3)21-23(4,5)6)17-16(18)20-12-14-10-8-7-9-11-14/h7-11,13,15H,12H2,1-6H3,(H,17,18). The number of hydrogen-bond donors (Lipinski definition) is 1. The van der Waals surface area contributed by atoms with E-state index >= 15 is 0 Å². The van der Waals surface area contributed by atoms with Gasteiger partial charge in [0.15, 0.2) is 16.7 Å². The van der Waals surface area contributed by atoms with Gasteiger partial charge in [-0.05, 0) is 31.1 Å². The van der Waals surface area contributed by atoms with Gasteiger partial charge in [-0.1, -0.05) is 44.2 Å². The first kappa shape index (κ1) is 20.1. The van der Waals surface area contributed by atoms with E-state index in [2.05, 4.69) is 25.0 Å². The first-order valence-electron chi connectivity index (χ1n) is 7.72. The minimum absolute atomic E-state index is 0.182. The molecule has 0 heterocycles. The van der Waals surface area contributed by atoms with Crippen molar-refractivity contribution < 1.29 is 18.3 Å². The van der Waals surface area contributed by atoms with Crippen molar-refractivity contribution in [3.8, 4) is 0 Å². The molecule has 0 saturated carbocycles. The van der Waals surface area contributed by atoms with Gasteiger partial charge in [-0.2, -0.15) is 0 Å². The summed E-state index contributed by atoms with van der Waals surface area (Å²) in [6.45, 7) is 10.6. The van der Waals surface area contributed by atoms with Crippen LogP contribution in [0.2, 0.25) is 19.6 Å². The minimum atomic E-state index is -1.76. The number of nitrogens with one attached hydrogen (secondary N) is 1. The van der Waals surface area contributed by atoms with Crippen molar-refractivity contribution in [2.75, 3.05) is 7.11 Å². The molecule has 7 heteroatoms. The number of carbonyl (C=O) groups excluding carboxylic acids is 1. The van der Waals surface area contributed by atoms with E-state index in [1.807, 2.05) is 44.2 Å². The van der Waals surface area contributed by atoms with Gasteiger partial charge < -0.3 is 18.8 Å². The predicted octanol–water partition coefficient (Wildman–Crippen LogP) is 4.70. The number of amides is 1. The number of ether oxygens (including phenoxy) is 1. The van der Waals surface area contributed by atoms with Gasteiger partial charge in [-0.25, -0.2) is 4.79 Å². The van der Waals surface area contributed by atoms with Crippen LogP contribution >= 0.6 is 8.38 Å². The number of rotatable bonds is 8. The highest BCUT2D eigenvalue weighted by Gasteiger charge is 2.32. The molecule has 0 fully saturated rings. The second-order valence-corrected chi connectivity index (χ2v) is 13.0. The van der Waals surface area contributed by atoms with Crippen molar-refractivity contribution in [1.29, 1.82) is 0 Å². The summed E-state index contributed by atoms with van der Waals surface area (Å²) in [7, 11) is -1.33. The van der Waals surface area contributed by atoms with Gasteiger partial charge in [0, 0.05) is 7.11 Å². The Morgan fingerprint density at radius 1 is 1.22 bits per heavy atom. The molecule has 0 radical (unpaired) electrons. The summed E-state index contributed by atoms with van der Waals surface area (Å²) in [5.74, 6) is -0.0216. The first-order valence-corrected chi connectivity index (χ1v) is 12.4. The van der Waals surface area contributed by atoms with E-state index in [0.717, 1.165) is 5.56 Å². The summed E-state index contributed by atoms with van der Waals surface area (Å²) in [6, 6.07) is 9.60. The lowest BCUT2D eigenvalue weighted by Crippen LogP contribution is -2.40. The third kappa shape index (κ3) is 7.93. The molecule has 5 nitrogen and oxygen atoms in total. The second-order valence-electron chi connectivity index (χ2n) is 6.57. The predicted molar refractivity (Wildman–Crippen MR) is 96.7 cm³/mol. The van der Waals surface area contributed by atoms with Crippen LogP contribution in [0, 0.1) is 5.92 Å². The number of carbonyl (C=O) groups is 1. The van der Waals surface area contributed by atoms with E-state index in [4.69, 9.17) is 13.5 Å². The molecule has 1 N–H and O–H groups in total. The van der Waals surface area contributed by atoms with Crippen molar-refractivity contribution in [3.05, 3.63) is 35.9 Å². The minimum Gasteiger partial charge on any atom is -0.445 e. The van der Waals surface area contributed by atoms with Gasteiger partial charge in [0.2, 0.25) is 0 Å². The average molecular weight is 357 g/mol. The van der Waals surface area contributed by atoms with Crippen LogP contribution in [-0.2, 0) is 20.1 Å². The summed E-state index contributed by atoms with van der Waals surface area (Å²) < 4.78 is 16.9. The van der Waals surface area contributed by atoms with Crippen molar-refractivity contribution in [3.63, 3.8) is 0 Å². The van der Waals surface area contributed by atoms with E-state index in [1.165, 1.54) is 0 Å². The van der Waals surface area contributed by atoms with Crippen LogP contribution in [0.1, 0.15) is 19.4 Å². The third-order valence-electron chi connectivity index (χ3n) is 2.88. The summed E-state index contributed by atoms with van der Waals surface area (Å²) in [5.41, 5.74) is 0.955. The highest BCUT2D eigenvalue weighted by atomic mass is 31.2. The fourth-order valence-corrected chi connectivity index (χ4v) is 5.66. The zero-order valence-corrected chi connectivity index (χ0v) is 16.7. The van der Waals surface area contributed by atoms with E-state index in [1.54, 1.807) is 7.11 Å². The molecule has 2 atom stereocenters. The quantitative estimate of drug-likeness (QED) is 0.541. The number of alkyl carbamates (subject to hydrolysis) is 1. The monoisotopic (exact) mass is 357 g/mol. The van der Waals surface area contributed by atoms with Crippen LogP contribution in [0.5, 0.6) is 0 Å². The summed E-state index contributed by atoms with van der Waals surface area (Å²) in [4.78, 5) is 12.1. The van der Waals surface area contributed by atoms with Gasteiger partial charge in [0.05, 0.1) is 0 Å². The molecule has 0 aliphatic carbocycles. The zero-order chi connectivity index (χ0) is 17.5. The van der Waals surface area contributed by atoms with Crippen LogP contribution in [0.3, 0.4) is 0 Å². The van der Waals surface area contributed by atoms with Crippen molar-refractivity contribution in [2.45, 2.75) is 45.9 Å². The van der Waals surface area contributed by atoms with Crippen molar-refractivity contribution >= 4 is 22.8 Å². The average Bonchev–Trinajstić information content (AvgIpc) is 2.48. The Kier molecular flexibility index (Phi) is 8.20. The van der Waals surface area contributed by atoms with Gasteiger partial charge >= 0.3 is 6.09 Å². The molecule has 1 aromatic rings. The van der Waals surface area contributed by atoms with Crippen LogP contribution in [-0.4, -0.2) is 27.3 Å². The zero-order valence-electron chi connectivity index (χ0n) is 14.8. The molecular formula is C16H28NO4PSi. The van der Waals surface area contributed by atoms with Gasteiger partial charge in [0.25, 0.3) is 0 Å². The molecule has 1 amide bonds. The smallest absolute Gasteiger partial charge is 0.408 e. The number of hydrogen-bond acceptors (Lipinski definition) is 4. The largest absolute Gasteiger partial charge is 0.445 e. The summed E-state index contributed by atoms with van der Waals surface area (Å²) in [5, 5.41) is 2.90. The van der Waals surface area contributed by atoms with Crippen LogP contribution in [0.15, 0.2) is 30.3 Å². The van der Waals surface area contributed by atoms with Gasteiger partial charge in [-0.15, -0.1) is 0 Å². The van der Waals surface area contributed by atoms with E-state index in [0.29, 0.717) is 0 Å². The van der Waals surface area contributed by atoms with Gasteiger partial charge in [0.1, 0.15) is 12.4 Å². The highest BCUT2D eigenvalue weighted by Crippen LogP contribution is 2.47. The van der Waals surface area contributed by atoms with Crippen LogP contribution in [0.25, 0.3) is 0 Å². The Morgan fingerprint density at radius 2 is 1.83 bits per heavy atom. The van der Waals surface area contributed by atoms with E-state index in [9.17, 15) is 4.79 Å². The van der Waals surface area contributed by atoms with E-state index < -0.39 is 22.8 Å². The fourth-order valence-electron chi connectivity index (χ4n) is 1.83. The van der Waals surface area contributed by atoms with Crippen LogP contribution in [0.4, 0.5) is 4.79 Å². The number of benzene rings is 1. The molecule has 1 aromatic carbocycles. The first-order chi connectivity index (χ1) is 10.7. The fraction of sp³-hybridized carbons (Fsp3) is 0.562. The Labute approximate surface area is 141 Å². The van der Waals surface area contributed by atoms with Crippen LogP contribution < -0.4 is 5.32 Å². The topological polar surface area (TPSA) is 56.8 Å². The lowest BCUT2D eigenvalue weighted by atomic mass is 10.2. The lowest BCUT2D eigenvalue weighted by Gasteiger charge is -2.32. The SMILES string of the molecule is COP(O[Si](C)(C)C)C(NC(=O)OCc1ccccc1)C(C)C. The molecule has 23 heavy (non-hydrogen) atoms. The molecule has 0 aliphatic heterocycles. The second kappa shape index (κ2) is 9.38. The molecule has 2 unspecified atom stereocenters. The maximum absolute atomic E-state index is 12.1. The maximum Gasteiger partial charge on any atom is 0.408 e. The normalized spacial score (nSPS) is 14.4. The molecule has 0 saturated heterocycles. The Bertz CT molecular complexity index is 479.